The first-order valence-electron chi connectivity index (χ1n) is 5.71. The summed E-state index contributed by atoms with van der Waals surface area (Å²) in [5.41, 5.74) is 1.46. The first-order valence-corrected chi connectivity index (χ1v) is 6.47. The van der Waals surface area contributed by atoms with E-state index in [9.17, 15) is 4.79 Å². The number of hydrogen-bond donors (Lipinski definition) is 0. The molecule has 2 aromatic rings. The molecular formula is C15H9Cl2NO2. The third-order valence-corrected chi connectivity index (χ3v) is 3.14. The van der Waals surface area contributed by atoms with E-state index in [1.807, 2.05) is 6.07 Å². The Kier molecular flexibility index (Phi) is 4.62. The number of rotatable bonds is 3. The molecular weight excluding hydrogens is 297 g/mol. The molecule has 20 heavy (non-hydrogen) atoms. The van der Waals surface area contributed by atoms with Gasteiger partial charge >= 0.3 is 5.97 Å². The van der Waals surface area contributed by atoms with Gasteiger partial charge in [0, 0.05) is 5.02 Å². The van der Waals surface area contributed by atoms with Gasteiger partial charge in [0.2, 0.25) is 0 Å². The van der Waals surface area contributed by atoms with Crippen LogP contribution in [0.2, 0.25) is 10.0 Å². The molecule has 0 saturated carbocycles. The predicted molar refractivity (Wildman–Crippen MR) is 76.7 cm³/mol. The minimum atomic E-state index is -0.556. The summed E-state index contributed by atoms with van der Waals surface area (Å²) in [6.07, 6.45) is 0. The number of nitriles is 1. The van der Waals surface area contributed by atoms with Crippen LogP contribution in [0.5, 0.6) is 0 Å². The summed E-state index contributed by atoms with van der Waals surface area (Å²) < 4.78 is 5.16. The highest BCUT2D eigenvalue weighted by Crippen LogP contribution is 2.21. The van der Waals surface area contributed by atoms with Crippen molar-refractivity contribution in [2.24, 2.45) is 0 Å². The van der Waals surface area contributed by atoms with Gasteiger partial charge < -0.3 is 4.74 Å². The molecule has 2 aromatic carbocycles. The number of carbonyl (C=O) groups excluding carboxylic acids is 1. The molecule has 0 heterocycles. The summed E-state index contributed by atoms with van der Waals surface area (Å²) >= 11 is 11.7. The third kappa shape index (κ3) is 3.51. The molecule has 0 aromatic heterocycles. The molecule has 0 atom stereocenters. The quantitative estimate of drug-likeness (QED) is 0.798. The molecule has 0 saturated heterocycles. The number of ether oxygens (including phenoxy) is 1. The van der Waals surface area contributed by atoms with E-state index in [-0.39, 0.29) is 17.2 Å². The van der Waals surface area contributed by atoms with E-state index in [4.69, 9.17) is 33.2 Å². The topological polar surface area (TPSA) is 50.1 Å². The summed E-state index contributed by atoms with van der Waals surface area (Å²) in [4.78, 5) is 11.9. The van der Waals surface area contributed by atoms with E-state index in [1.165, 1.54) is 12.1 Å². The van der Waals surface area contributed by atoms with Gasteiger partial charge in [0.05, 0.1) is 22.2 Å². The fourth-order valence-electron chi connectivity index (χ4n) is 1.61. The van der Waals surface area contributed by atoms with Crippen molar-refractivity contribution in [3.63, 3.8) is 0 Å². The van der Waals surface area contributed by atoms with E-state index >= 15 is 0 Å². The lowest BCUT2D eigenvalue weighted by Crippen LogP contribution is -2.06. The van der Waals surface area contributed by atoms with Crippen molar-refractivity contribution in [3.8, 4) is 6.07 Å². The van der Waals surface area contributed by atoms with Crippen molar-refractivity contribution in [1.29, 1.82) is 5.26 Å². The highest BCUT2D eigenvalue weighted by atomic mass is 35.5. The molecule has 0 aliphatic carbocycles. The van der Waals surface area contributed by atoms with E-state index < -0.39 is 5.97 Å². The van der Waals surface area contributed by atoms with Crippen LogP contribution >= 0.6 is 23.2 Å². The number of hydrogen-bond acceptors (Lipinski definition) is 3. The third-order valence-electron chi connectivity index (χ3n) is 2.57. The van der Waals surface area contributed by atoms with Crippen molar-refractivity contribution in [2.75, 3.05) is 0 Å². The largest absolute Gasteiger partial charge is 0.457 e. The molecule has 0 aliphatic heterocycles. The van der Waals surface area contributed by atoms with Crippen LogP contribution in [-0.4, -0.2) is 5.97 Å². The standard InChI is InChI=1S/C15H9Cl2NO2/c16-12-4-5-14(17)13(7-12)15(19)20-9-11-3-1-2-10(6-11)8-18/h1-7H,9H2. The Morgan fingerprint density at radius 1 is 1.20 bits per heavy atom. The minimum absolute atomic E-state index is 0.0667. The SMILES string of the molecule is N#Cc1cccc(COC(=O)c2cc(Cl)ccc2Cl)c1. The van der Waals surface area contributed by atoms with Crippen LogP contribution in [0, 0.1) is 11.3 Å². The Hall–Kier alpha value is -2.02. The zero-order chi connectivity index (χ0) is 14.5. The fraction of sp³-hybridized carbons (Fsp3) is 0.0667. The molecule has 0 aliphatic rings. The van der Waals surface area contributed by atoms with E-state index in [2.05, 4.69) is 0 Å². The molecule has 0 fully saturated rings. The Morgan fingerprint density at radius 3 is 2.75 bits per heavy atom. The lowest BCUT2D eigenvalue weighted by Gasteiger charge is -2.07. The number of carbonyl (C=O) groups is 1. The van der Waals surface area contributed by atoms with Gasteiger partial charge in [-0.3, -0.25) is 0 Å². The average Bonchev–Trinajstić information content (AvgIpc) is 2.47. The second-order valence-electron chi connectivity index (χ2n) is 4.01. The van der Waals surface area contributed by atoms with Gasteiger partial charge in [-0.15, -0.1) is 0 Å². The van der Waals surface area contributed by atoms with Crippen molar-refractivity contribution >= 4 is 29.2 Å². The van der Waals surface area contributed by atoms with Crippen LogP contribution in [0.25, 0.3) is 0 Å². The molecule has 0 unspecified atom stereocenters. The zero-order valence-corrected chi connectivity index (χ0v) is 11.8. The Morgan fingerprint density at radius 2 is 2.00 bits per heavy atom. The number of nitrogens with zero attached hydrogens (tertiary/aromatic N) is 1. The number of halogens is 2. The number of esters is 1. The monoisotopic (exact) mass is 305 g/mol. The summed E-state index contributed by atoms with van der Waals surface area (Å²) in [5.74, 6) is -0.556. The second-order valence-corrected chi connectivity index (χ2v) is 4.86. The normalized spacial score (nSPS) is 9.85. The molecule has 0 N–H and O–H groups in total. The van der Waals surface area contributed by atoms with Crippen LogP contribution in [0.1, 0.15) is 21.5 Å². The van der Waals surface area contributed by atoms with Crippen molar-refractivity contribution < 1.29 is 9.53 Å². The van der Waals surface area contributed by atoms with Crippen molar-refractivity contribution in [3.05, 3.63) is 69.2 Å². The van der Waals surface area contributed by atoms with Gasteiger partial charge in [-0.2, -0.15) is 5.26 Å². The second kappa shape index (κ2) is 6.42. The maximum Gasteiger partial charge on any atom is 0.340 e. The number of benzene rings is 2. The van der Waals surface area contributed by atoms with Crippen LogP contribution in [0.4, 0.5) is 0 Å². The molecule has 5 heteroatoms. The van der Waals surface area contributed by atoms with Gasteiger partial charge in [0.15, 0.2) is 0 Å². The summed E-state index contributed by atoms with van der Waals surface area (Å²) in [7, 11) is 0. The molecule has 0 bridgehead atoms. The van der Waals surface area contributed by atoms with Gasteiger partial charge in [0.25, 0.3) is 0 Å². The fourth-order valence-corrected chi connectivity index (χ4v) is 1.98. The molecule has 0 amide bonds. The Balaban J connectivity index is 2.09. The average molecular weight is 306 g/mol. The van der Waals surface area contributed by atoms with Gasteiger partial charge in [-0.1, -0.05) is 35.3 Å². The first-order chi connectivity index (χ1) is 9.60. The Bertz CT molecular complexity index is 693. The van der Waals surface area contributed by atoms with Gasteiger partial charge in [-0.05, 0) is 35.9 Å². The smallest absolute Gasteiger partial charge is 0.340 e. The predicted octanol–water partition coefficient (Wildman–Crippen LogP) is 4.22. The summed E-state index contributed by atoms with van der Waals surface area (Å²) in [6.45, 7) is 0.0667. The molecule has 0 spiro atoms. The van der Waals surface area contributed by atoms with Gasteiger partial charge in [-0.25, -0.2) is 4.79 Å². The lowest BCUT2D eigenvalue weighted by atomic mass is 10.1. The highest BCUT2D eigenvalue weighted by molar-refractivity contribution is 6.35. The van der Waals surface area contributed by atoms with Gasteiger partial charge in [0.1, 0.15) is 6.61 Å². The first kappa shape index (κ1) is 14.4. The van der Waals surface area contributed by atoms with E-state index in [0.29, 0.717) is 10.6 Å². The zero-order valence-electron chi connectivity index (χ0n) is 10.3. The lowest BCUT2D eigenvalue weighted by molar-refractivity contribution is 0.0473. The minimum Gasteiger partial charge on any atom is -0.457 e. The Labute approximate surface area is 126 Å². The van der Waals surface area contributed by atoms with E-state index in [1.54, 1.807) is 30.3 Å². The summed E-state index contributed by atoms with van der Waals surface area (Å²) in [6, 6.07) is 13.5. The maximum atomic E-state index is 11.9. The molecule has 0 radical (unpaired) electrons. The highest BCUT2D eigenvalue weighted by Gasteiger charge is 2.12. The van der Waals surface area contributed by atoms with Crippen LogP contribution in [0.15, 0.2) is 42.5 Å². The van der Waals surface area contributed by atoms with E-state index in [0.717, 1.165) is 5.56 Å². The molecule has 3 nitrogen and oxygen atoms in total. The summed E-state index contributed by atoms with van der Waals surface area (Å²) in [5, 5.41) is 9.49. The maximum absolute atomic E-state index is 11.9. The van der Waals surface area contributed by atoms with Crippen molar-refractivity contribution in [2.45, 2.75) is 6.61 Å². The van der Waals surface area contributed by atoms with Crippen molar-refractivity contribution in [1.82, 2.24) is 0 Å². The molecule has 100 valence electrons. The molecule has 2 rings (SSSR count). The van der Waals surface area contributed by atoms with Crippen LogP contribution in [0.3, 0.4) is 0 Å². The van der Waals surface area contributed by atoms with Crippen LogP contribution in [-0.2, 0) is 11.3 Å². The van der Waals surface area contributed by atoms with Crippen LogP contribution < -0.4 is 0 Å².